The standard InChI is InChI=1S/C14H20O5S/c1-10(2)11(3)20(17,18)9-8-19-13-7-5-4-6-12(13)14(15)16/h4-7,10-11H,8-9H2,1-3H3,(H,15,16). The zero-order valence-corrected chi connectivity index (χ0v) is 12.7. The molecule has 0 spiro atoms. The molecular formula is C14H20O5S. The topological polar surface area (TPSA) is 80.7 Å². The number of para-hydroxylation sites is 1. The summed E-state index contributed by atoms with van der Waals surface area (Å²) >= 11 is 0. The second-order valence-corrected chi connectivity index (χ2v) is 7.44. The van der Waals surface area contributed by atoms with Gasteiger partial charge in [-0.1, -0.05) is 26.0 Å². The number of hydrogen-bond acceptors (Lipinski definition) is 4. The van der Waals surface area contributed by atoms with Crippen LogP contribution >= 0.6 is 0 Å². The smallest absolute Gasteiger partial charge is 0.339 e. The van der Waals surface area contributed by atoms with Gasteiger partial charge in [-0.05, 0) is 25.0 Å². The van der Waals surface area contributed by atoms with E-state index in [2.05, 4.69) is 0 Å². The van der Waals surface area contributed by atoms with E-state index in [4.69, 9.17) is 9.84 Å². The molecule has 0 saturated carbocycles. The van der Waals surface area contributed by atoms with E-state index in [0.717, 1.165) is 0 Å². The summed E-state index contributed by atoms with van der Waals surface area (Å²) in [5.74, 6) is -1.00. The van der Waals surface area contributed by atoms with Crippen molar-refractivity contribution >= 4 is 15.8 Å². The van der Waals surface area contributed by atoms with Gasteiger partial charge in [0.1, 0.15) is 17.9 Å². The van der Waals surface area contributed by atoms with Gasteiger partial charge < -0.3 is 9.84 Å². The summed E-state index contributed by atoms with van der Waals surface area (Å²) in [6.07, 6.45) is 0. The van der Waals surface area contributed by atoms with Gasteiger partial charge in [-0.25, -0.2) is 13.2 Å². The van der Waals surface area contributed by atoms with Crippen LogP contribution in [0.5, 0.6) is 5.75 Å². The summed E-state index contributed by atoms with van der Waals surface area (Å²) in [5.41, 5.74) is 0.0295. The third kappa shape index (κ3) is 4.23. The Morgan fingerprint density at radius 3 is 2.40 bits per heavy atom. The normalized spacial score (nSPS) is 13.2. The summed E-state index contributed by atoms with van der Waals surface area (Å²) in [7, 11) is -3.24. The molecule has 1 N–H and O–H groups in total. The largest absolute Gasteiger partial charge is 0.492 e. The SMILES string of the molecule is CC(C)C(C)S(=O)(=O)CCOc1ccccc1C(=O)O. The molecule has 1 rings (SSSR count). The molecule has 0 radical (unpaired) electrons. The van der Waals surface area contributed by atoms with Gasteiger partial charge >= 0.3 is 5.97 Å². The van der Waals surface area contributed by atoms with Crippen molar-refractivity contribution < 1.29 is 23.1 Å². The summed E-state index contributed by atoms with van der Waals surface area (Å²) in [6, 6.07) is 6.17. The first-order valence-corrected chi connectivity index (χ1v) is 8.14. The molecule has 0 aliphatic heterocycles. The molecule has 1 unspecified atom stereocenters. The van der Waals surface area contributed by atoms with Crippen molar-refractivity contribution in [3.05, 3.63) is 29.8 Å². The van der Waals surface area contributed by atoms with E-state index in [1.165, 1.54) is 12.1 Å². The minimum Gasteiger partial charge on any atom is -0.492 e. The Kier molecular flexibility index (Phi) is 5.56. The van der Waals surface area contributed by atoms with Crippen molar-refractivity contribution in [3.8, 4) is 5.75 Å². The third-order valence-corrected chi connectivity index (χ3v) is 5.66. The highest BCUT2D eigenvalue weighted by Crippen LogP contribution is 2.18. The molecule has 1 aromatic rings. The molecule has 1 aromatic carbocycles. The predicted octanol–water partition coefficient (Wildman–Crippen LogP) is 2.22. The van der Waals surface area contributed by atoms with Gasteiger partial charge in [0.15, 0.2) is 9.84 Å². The van der Waals surface area contributed by atoms with Gasteiger partial charge in [0, 0.05) is 0 Å². The number of carbonyl (C=O) groups is 1. The van der Waals surface area contributed by atoms with Crippen molar-refractivity contribution in [1.29, 1.82) is 0 Å². The molecular weight excluding hydrogens is 280 g/mol. The second kappa shape index (κ2) is 6.74. The monoisotopic (exact) mass is 300 g/mol. The van der Waals surface area contributed by atoms with Crippen molar-refractivity contribution in [1.82, 2.24) is 0 Å². The first-order valence-electron chi connectivity index (χ1n) is 6.42. The molecule has 1 atom stereocenters. The van der Waals surface area contributed by atoms with E-state index in [1.807, 2.05) is 13.8 Å². The Bertz CT molecular complexity index is 563. The number of sulfone groups is 1. The predicted molar refractivity (Wildman–Crippen MR) is 77.0 cm³/mol. The lowest BCUT2D eigenvalue weighted by Gasteiger charge is -2.16. The van der Waals surface area contributed by atoms with Crippen LogP contribution in [0.15, 0.2) is 24.3 Å². The quantitative estimate of drug-likeness (QED) is 0.835. The Morgan fingerprint density at radius 1 is 1.25 bits per heavy atom. The van der Waals surface area contributed by atoms with Crippen LogP contribution < -0.4 is 4.74 Å². The van der Waals surface area contributed by atoms with Gasteiger partial charge in [0.05, 0.1) is 11.0 Å². The van der Waals surface area contributed by atoms with Crippen LogP contribution in [0, 0.1) is 5.92 Å². The molecule has 0 fully saturated rings. The molecule has 112 valence electrons. The van der Waals surface area contributed by atoms with Crippen LogP contribution in [0.1, 0.15) is 31.1 Å². The number of rotatable bonds is 7. The van der Waals surface area contributed by atoms with E-state index in [0.29, 0.717) is 0 Å². The van der Waals surface area contributed by atoms with Gasteiger partial charge in [-0.15, -0.1) is 0 Å². The molecule has 0 bridgehead atoms. The minimum atomic E-state index is -3.24. The lowest BCUT2D eigenvalue weighted by molar-refractivity contribution is 0.0692. The van der Waals surface area contributed by atoms with Crippen molar-refractivity contribution in [2.75, 3.05) is 12.4 Å². The van der Waals surface area contributed by atoms with Crippen LogP contribution in [-0.2, 0) is 9.84 Å². The van der Waals surface area contributed by atoms with Crippen molar-refractivity contribution in [3.63, 3.8) is 0 Å². The number of aromatic carboxylic acids is 1. The molecule has 0 aliphatic carbocycles. The maximum Gasteiger partial charge on any atom is 0.339 e. The van der Waals surface area contributed by atoms with E-state index in [1.54, 1.807) is 19.1 Å². The maximum absolute atomic E-state index is 12.0. The maximum atomic E-state index is 12.0. The molecule has 5 nitrogen and oxygen atoms in total. The van der Waals surface area contributed by atoms with Crippen LogP contribution in [0.4, 0.5) is 0 Å². The van der Waals surface area contributed by atoms with E-state index >= 15 is 0 Å². The van der Waals surface area contributed by atoms with Gasteiger partial charge in [-0.3, -0.25) is 0 Å². The average molecular weight is 300 g/mol. The van der Waals surface area contributed by atoms with Crippen molar-refractivity contribution in [2.45, 2.75) is 26.0 Å². The van der Waals surface area contributed by atoms with Crippen LogP contribution in [0.3, 0.4) is 0 Å². The summed E-state index contributed by atoms with van der Waals surface area (Å²) in [4.78, 5) is 11.0. The third-order valence-electron chi connectivity index (χ3n) is 3.25. The number of ether oxygens (including phenoxy) is 1. The first kappa shape index (κ1) is 16.5. The molecule has 0 amide bonds. The van der Waals surface area contributed by atoms with Crippen LogP contribution in [-0.4, -0.2) is 37.1 Å². The highest BCUT2D eigenvalue weighted by atomic mass is 32.2. The van der Waals surface area contributed by atoms with Gasteiger partial charge in [0.2, 0.25) is 0 Å². The van der Waals surface area contributed by atoms with E-state index < -0.39 is 21.1 Å². The summed E-state index contributed by atoms with van der Waals surface area (Å²) in [6.45, 7) is 5.32. The molecule has 0 saturated heterocycles. The lowest BCUT2D eigenvalue weighted by Crippen LogP contribution is -2.28. The molecule has 20 heavy (non-hydrogen) atoms. The average Bonchev–Trinajstić information content (AvgIpc) is 2.37. The van der Waals surface area contributed by atoms with Crippen LogP contribution in [0.2, 0.25) is 0 Å². The first-order chi connectivity index (χ1) is 9.25. The highest BCUT2D eigenvalue weighted by molar-refractivity contribution is 7.92. The number of carboxylic acids is 1. The Hall–Kier alpha value is -1.56. The van der Waals surface area contributed by atoms with E-state index in [-0.39, 0.29) is 29.6 Å². The molecule has 0 heterocycles. The van der Waals surface area contributed by atoms with Gasteiger partial charge in [-0.2, -0.15) is 0 Å². The fourth-order valence-electron chi connectivity index (χ4n) is 1.64. The minimum absolute atomic E-state index is 0.0295. The van der Waals surface area contributed by atoms with Gasteiger partial charge in [0.25, 0.3) is 0 Å². The molecule has 0 aromatic heterocycles. The van der Waals surface area contributed by atoms with E-state index in [9.17, 15) is 13.2 Å². The Balaban J connectivity index is 2.68. The highest BCUT2D eigenvalue weighted by Gasteiger charge is 2.24. The molecule has 6 heteroatoms. The fourth-order valence-corrected chi connectivity index (χ4v) is 3.15. The number of benzene rings is 1. The summed E-state index contributed by atoms with van der Waals surface area (Å²) in [5, 5.41) is 8.54. The van der Waals surface area contributed by atoms with Crippen molar-refractivity contribution in [2.24, 2.45) is 5.92 Å². The second-order valence-electron chi connectivity index (χ2n) is 4.97. The summed E-state index contributed by atoms with van der Waals surface area (Å²) < 4.78 is 29.3. The Morgan fingerprint density at radius 2 is 1.85 bits per heavy atom. The number of hydrogen-bond donors (Lipinski definition) is 1. The number of carboxylic acid groups (broad SMARTS) is 1. The Labute approximate surface area is 119 Å². The lowest BCUT2D eigenvalue weighted by atomic mass is 10.2. The zero-order valence-electron chi connectivity index (χ0n) is 11.9. The fraction of sp³-hybridized carbons (Fsp3) is 0.500. The molecule has 0 aliphatic rings. The van der Waals surface area contributed by atoms with Crippen LogP contribution in [0.25, 0.3) is 0 Å². The zero-order chi connectivity index (χ0) is 15.3.